The monoisotopic (exact) mass is 292 g/mol. The first-order valence-electron chi connectivity index (χ1n) is 5.98. The van der Waals surface area contributed by atoms with Gasteiger partial charge in [0.15, 0.2) is 5.54 Å². The van der Waals surface area contributed by atoms with E-state index in [9.17, 15) is 9.59 Å². The third-order valence-electron chi connectivity index (χ3n) is 3.28. The molecule has 0 aliphatic carbocycles. The summed E-state index contributed by atoms with van der Waals surface area (Å²) < 4.78 is 0. The number of nitrogens with one attached hydrogen (secondary N) is 2. The predicted molar refractivity (Wildman–Crippen MR) is 76.1 cm³/mol. The minimum absolute atomic E-state index is 0. The average Bonchev–Trinajstić information content (AvgIpc) is 2.76. The van der Waals surface area contributed by atoms with Gasteiger partial charge < -0.3 is 5.32 Å². The Morgan fingerprint density at radius 2 is 1.20 bits per heavy atom. The maximum atomic E-state index is 12.3. The van der Waals surface area contributed by atoms with Gasteiger partial charge in [0.05, 0.1) is 0 Å². The third-order valence-corrected chi connectivity index (χ3v) is 3.28. The fourth-order valence-electron chi connectivity index (χ4n) is 2.40. The van der Waals surface area contributed by atoms with E-state index in [-0.39, 0.29) is 43.6 Å². The van der Waals surface area contributed by atoms with E-state index in [0.717, 1.165) is 11.1 Å². The smallest absolute Gasteiger partial charge is 0.316 e. The van der Waals surface area contributed by atoms with Crippen molar-refractivity contribution in [1.29, 1.82) is 0 Å². The van der Waals surface area contributed by atoms with E-state index in [1.807, 2.05) is 60.7 Å². The Balaban J connectivity index is 0.00000147. The zero-order valence-electron chi connectivity index (χ0n) is 10.8. The molecule has 3 rings (SSSR count). The van der Waals surface area contributed by atoms with Crippen molar-refractivity contribution in [3.63, 3.8) is 0 Å². The SMILES string of the molecule is O=C1NC(=O)C(c2ccccc2)(c2ccccc2)N1.[Ca]. The van der Waals surface area contributed by atoms with Gasteiger partial charge in [-0.1, -0.05) is 60.7 Å². The van der Waals surface area contributed by atoms with Gasteiger partial charge in [-0.3, -0.25) is 10.1 Å². The molecule has 4 nitrogen and oxygen atoms in total. The average molecular weight is 292 g/mol. The predicted octanol–water partition coefficient (Wildman–Crippen LogP) is 1.39. The molecule has 2 aromatic rings. The molecule has 0 unspecified atom stereocenters. The van der Waals surface area contributed by atoms with Gasteiger partial charge >= 0.3 is 6.03 Å². The van der Waals surface area contributed by atoms with E-state index in [0.29, 0.717) is 0 Å². The molecule has 0 spiro atoms. The summed E-state index contributed by atoms with van der Waals surface area (Å²) in [5, 5.41) is 5.07. The molecular weight excluding hydrogens is 280 g/mol. The summed E-state index contributed by atoms with van der Waals surface area (Å²) in [4.78, 5) is 23.9. The van der Waals surface area contributed by atoms with Crippen LogP contribution in [0.15, 0.2) is 60.7 Å². The molecule has 2 aromatic carbocycles. The van der Waals surface area contributed by atoms with Crippen molar-refractivity contribution in [3.05, 3.63) is 71.8 Å². The number of urea groups is 1. The fourth-order valence-corrected chi connectivity index (χ4v) is 2.40. The van der Waals surface area contributed by atoms with E-state index in [1.165, 1.54) is 0 Å². The van der Waals surface area contributed by atoms with E-state index < -0.39 is 11.6 Å². The van der Waals surface area contributed by atoms with Gasteiger partial charge in [0.25, 0.3) is 5.91 Å². The van der Waals surface area contributed by atoms with Crippen LogP contribution in [0.5, 0.6) is 0 Å². The first kappa shape index (κ1) is 15.0. The molecule has 0 aromatic heterocycles. The Labute approximate surface area is 146 Å². The molecule has 2 N–H and O–H groups in total. The summed E-state index contributed by atoms with van der Waals surface area (Å²) in [6.07, 6.45) is 0. The molecule has 2 radical (unpaired) electrons. The zero-order valence-corrected chi connectivity index (χ0v) is 13.0. The first-order chi connectivity index (χ1) is 9.23. The summed E-state index contributed by atoms with van der Waals surface area (Å²) in [6, 6.07) is 18.0. The van der Waals surface area contributed by atoms with Crippen LogP contribution in [0.3, 0.4) is 0 Å². The van der Waals surface area contributed by atoms with Crippen molar-refractivity contribution in [3.8, 4) is 0 Å². The van der Waals surface area contributed by atoms with Crippen LogP contribution in [-0.4, -0.2) is 49.7 Å². The number of amides is 3. The number of imide groups is 1. The van der Waals surface area contributed by atoms with Gasteiger partial charge in [-0.2, -0.15) is 0 Å². The van der Waals surface area contributed by atoms with Gasteiger partial charge in [-0.15, -0.1) is 0 Å². The Hall–Kier alpha value is -1.36. The van der Waals surface area contributed by atoms with Crippen LogP contribution < -0.4 is 10.6 Å². The molecule has 0 saturated carbocycles. The molecule has 1 saturated heterocycles. The van der Waals surface area contributed by atoms with Crippen LogP contribution in [0.2, 0.25) is 0 Å². The quantitative estimate of drug-likeness (QED) is 0.649. The summed E-state index contributed by atoms with van der Waals surface area (Å²) in [5.41, 5.74) is 0.341. The number of carbonyl (C=O) groups is 2. The number of rotatable bonds is 2. The maximum absolute atomic E-state index is 12.3. The van der Waals surface area contributed by atoms with Crippen LogP contribution in [0, 0.1) is 0 Å². The molecule has 5 heteroatoms. The molecule has 20 heavy (non-hydrogen) atoms. The van der Waals surface area contributed by atoms with Crippen molar-refractivity contribution in [2.75, 3.05) is 0 Å². The van der Waals surface area contributed by atoms with Crippen molar-refractivity contribution in [2.45, 2.75) is 5.54 Å². The van der Waals surface area contributed by atoms with E-state index >= 15 is 0 Å². The standard InChI is InChI=1S/C15H12N2O2.Ca/c18-13-15(17-14(19)16-13,11-7-3-1-4-8-11)12-9-5-2-6-10-12;/h1-10H,(H2,16,17,18,19);. The zero-order chi connectivity index (χ0) is 13.3. The summed E-state index contributed by atoms with van der Waals surface area (Å²) in [7, 11) is 0. The normalized spacial score (nSPS) is 16.0. The number of benzene rings is 2. The molecule has 1 fully saturated rings. The van der Waals surface area contributed by atoms with E-state index in [2.05, 4.69) is 10.6 Å². The van der Waals surface area contributed by atoms with Gasteiger partial charge in [-0.05, 0) is 11.1 Å². The van der Waals surface area contributed by atoms with Crippen molar-refractivity contribution in [1.82, 2.24) is 10.6 Å². The summed E-state index contributed by atoms with van der Waals surface area (Å²) >= 11 is 0. The molecular formula is C15H12CaN2O2. The minimum Gasteiger partial charge on any atom is -0.316 e. The molecule has 1 heterocycles. The van der Waals surface area contributed by atoms with Gasteiger partial charge in [0, 0.05) is 37.7 Å². The molecule has 3 amide bonds. The third kappa shape index (κ3) is 2.35. The summed E-state index contributed by atoms with van der Waals surface area (Å²) in [5.74, 6) is -0.352. The molecule has 1 aliphatic heterocycles. The molecule has 0 bridgehead atoms. The van der Waals surface area contributed by atoms with Gasteiger partial charge in [0.1, 0.15) is 0 Å². The first-order valence-corrected chi connectivity index (χ1v) is 5.98. The second-order valence-corrected chi connectivity index (χ2v) is 4.39. The Kier molecular flexibility index (Phi) is 4.48. The molecule has 96 valence electrons. The Bertz CT molecular complexity index is 589. The van der Waals surface area contributed by atoms with E-state index in [1.54, 1.807) is 0 Å². The maximum Gasteiger partial charge on any atom is 0.322 e. The van der Waals surface area contributed by atoms with Crippen molar-refractivity contribution < 1.29 is 9.59 Å². The van der Waals surface area contributed by atoms with Gasteiger partial charge in [0.2, 0.25) is 0 Å². The number of carbonyl (C=O) groups excluding carboxylic acids is 2. The Morgan fingerprint density at radius 3 is 1.55 bits per heavy atom. The molecule has 0 atom stereocenters. The van der Waals surface area contributed by atoms with Crippen LogP contribution in [-0.2, 0) is 10.3 Å². The van der Waals surface area contributed by atoms with E-state index in [4.69, 9.17) is 0 Å². The van der Waals surface area contributed by atoms with Crippen molar-refractivity contribution in [2.24, 2.45) is 0 Å². The van der Waals surface area contributed by atoms with Crippen LogP contribution in [0.25, 0.3) is 0 Å². The fraction of sp³-hybridized carbons (Fsp3) is 0.0667. The second kappa shape index (κ2) is 5.95. The topological polar surface area (TPSA) is 58.2 Å². The van der Waals surface area contributed by atoms with Crippen LogP contribution in [0.1, 0.15) is 11.1 Å². The number of hydrogen-bond donors (Lipinski definition) is 2. The molecule has 1 aliphatic rings. The Morgan fingerprint density at radius 1 is 0.750 bits per heavy atom. The van der Waals surface area contributed by atoms with Gasteiger partial charge in [-0.25, -0.2) is 4.79 Å². The minimum atomic E-state index is -1.14. The van der Waals surface area contributed by atoms with Crippen molar-refractivity contribution >= 4 is 49.7 Å². The largest absolute Gasteiger partial charge is 0.322 e. The van der Waals surface area contributed by atoms with Crippen LogP contribution >= 0.6 is 0 Å². The summed E-state index contributed by atoms with van der Waals surface area (Å²) in [6.45, 7) is 0. The number of hydrogen-bond acceptors (Lipinski definition) is 2. The van der Waals surface area contributed by atoms with Crippen LogP contribution in [0.4, 0.5) is 4.79 Å². The second-order valence-electron chi connectivity index (χ2n) is 4.39.